The molecule has 0 saturated carbocycles. The predicted octanol–water partition coefficient (Wildman–Crippen LogP) is 4.26. The predicted molar refractivity (Wildman–Crippen MR) is 134 cm³/mol. The Morgan fingerprint density at radius 2 is 1.68 bits per heavy atom. The maximum Gasteiger partial charge on any atom is 0.407 e. The van der Waals surface area contributed by atoms with Crippen LogP contribution in [-0.2, 0) is 14.3 Å². The molecule has 0 radical (unpaired) electrons. The lowest BCUT2D eigenvalue weighted by atomic mass is 9.98. The minimum absolute atomic E-state index is 0.00787. The second-order valence-electron chi connectivity index (χ2n) is 8.42. The summed E-state index contributed by atoms with van der Waals surface area (Å²) in [6.45, 7) is 2.32. The van der Waals surface area contributed by atoms with E-state index >= 15 is 0 Å². The van der Waals surface area contributed by atoms with E-state index in [2.05, 4.69) is 34.9 Å². The number of rotatable bonds is 12. The number of aliphatic carboxylic acids is 1. The van der Waals surface area contributed by atoms with Crippen LogP contribution < -0.4 is 10.6 Å². The van der Waals surface area contributed by atoms with Crippen molar-refractivity contribution in [3.8, 4) is 11.1 Å². The van der Waals surface area contributed by atoms with E-state index < -0.39 is 18.1 Å². The fourth-order valence-corrected chi connectivity index (χ4v) is 4.73. The summed E-state index contributed by atoms with van der Waals surface area (Å²) in [5.41, 5.74) is 4.54. The van der Waals surface area contributed by atoms with Gasteiger partial charge < -0.3 is 20.5 Å². The first-order valence-corrected chi connectivity index (χ1v) is 12.9. The maximum atomic E-state index is 12.7. The van der Waals surface area contributed by atoms with Crippen LogP contribution in [-0.4, -0.2) is 54.3 Å². The lowest BCUT2D eigenvalue weighted by molar-refractivity contribution is -0.138. The highest BCUT2D eigenvalue weighted by atomic mass is 32.2. The van der Waals surface area contributed by atoms with Crippen molar-refractivity contribution in [3.05, 3.63) is 59.7 Å². The van der Waals surface area contributed by atoms with Gasteiger partial charge >= 0.3 is 12.1 Å². The van der Waals surface area contributed by atoms with E-state index in [1.54, 1.807) is 11.8 Å². The molecule has 2 aromatic rings. The summed E-state index contributed by atoms with van der Waals surface area (Å²) >= 11 is 1.58. The fourth-order valence-electron chi connectivity index (χ4n) is 4.26. The average Bonchev–Trinajstić information content (AvgIpc) is 3.16. The van der Waals surface area contributed by atoms with Gasteiger partial charge in [0.2, 0.25) is 5.91 Å². The van der Waals surface area contributed by atoms with Crippen molar-refractivity contribution >= 4 is 29.7 Å². The van der Waals surface area contributed by atoms with E-state index in [9.17, 15) is 14.4 Å². The molecule has 0 aliphatic heterocycles. The topological polar surface area (TPSA) is 105 Å². The van der Waals surface area contributed by atoms with Gasteiger partial charge in [-0.25, -0.2) is 4.79 Å². The van der Waals surface area contributed by atoms with Crippen LogP contribution in [0.3, 0.4) is 0 Å². The molecule has 3 rings (SSSR count). The zero-order valence-corrected chi connectivity index (χ0v) is 20.4. The van der Waals surface area contributed by atoms with E-state index in [0.29, 0.717) is 18.6 Å². The van der Waals surface area contributed by atoms with E-state index in [4.69, 9.17) is 9.84 Å². The molecule has 1 aliphatic carbocycles. The minimum atomic E-state index is -0.892. The Bertz CT molecular complexity index is 967. The molecule has 2 unspecified atom stereocenters. The third-order valence-corrected chi connectivity index (χ3v) is 6.81. The van der Waals surface area contributed by atoms with Crippen molar-refractivity contribution in [2.75, 3.05) is 25.2 Å². The smallest absolute Gasteiger partial charge is 0.407 e. The molecule has 0 aromatic heterocycles. The molecule has 1 aliphatic rings. The van der Waals surface area contributed by atoms with Crippen molar-refractivity contribution in [2.45, 2.75) is 38.1 Å². The molecule has 34 heavy (non-hydrogen) atoms. The molecule has 2 amide bonds. The number of hydrogen-bond donors (Lipinski definition) is 3. The molecule has 0 heterocycles. The lowest BCUT2D eigenvalue weighted by Gasteiger charge is -2.21. The van der Waals surface area contributed by atoms with Crippen LogP contribution in [0.15, 0.2) is 48.5 Å². The third-order valence-electron chi connectivity index (χ3n) is 6.17. The second-order valence-corrected chi connectivity index (χ2v) is 9.41. The van der Waals surface area contributed by atoms with Crippen molar-refractivity contribution in [1.82, 2.24) is 10.6 Å². The molecule has 0 fully saturated rings. The van der Waals surface area contributed by atoms with Crippen molar-refractivity contribution in [2.24, 2.45) is 5.92 Å². The van der Waals surface area contributed by atoms with Crippen LogP contribution in [0.2, 0.25) is 0 Å². The average molecular weight is 485 g/mol. The normalized spacial score (nSPS) is 13.9. The quantitative estimate of drug-likeness (QED) is 0.416. The number of amides is 2. The van der Waals surface area contributed by atoms with Gasteiger partial charge in [0, 0.05) is 18.9 Å². The number of benzene rings is 2. The van der Waals surface area contributed by atoms with Gasteiger partial charge in [0.1, 0.15) is 12.6 Å². The first kappa shape index (κ1) is 25.6. The van der Waals surface area contributed by atoms with Crippen LogP contribution in [0.4, 0.5) is 4.79 Å². The highest BCUT2D eigenvalue weighted by Crippen LogP contribution is 2.44. The monoisotopic (exact) mass is 484 g/mol. The van der Waals surface area contributed by atoms with Gasteiger partial charge in [0.25, 0.3) is 0 Å². The number of carboxylic acid groups (broad SMARTS) is 1. The summed E-state index contributed by atoms with van der Waals surface area (Å²) in [4.78, 5) is 36.4. The molecule has 2 aromatic carbocycles. The number of hydrogen-bond acceptors (Lipinski definition) is 5. The van der Waals surface area contributed by atoms with Gasteiger partial charge in [-0.05, 0) is 46.6 Å². The number of ether oxygens (including phenoxy) is 1. The molecule has 7 nitrogen and oxygen atoms in total. The summed E-state index contributed by atoms with van der Waals surface area (Å²) in [6, 6.07) is 15.5. The molecule has 8 heteroatoms. The summed E-state index contributed by atoms with van der Waals surface area (Å²) in [6.07, 6.45) is 2.38. The summed E-state index contributed by atoms with van der Waals surface area (Å²) in [7, 11) is 0. The van der Waals surface area contributed by atoms with Crippen molar-refractivity contribution < 1.29 is 24.2 Å². The minimum Gasteiger partial charge on any atom is -0.481 e. The Morgan fingerprint density at radius 3 is 2.24 bits per heavy atom. The van der Waals surface area contributed by atoms with Crippen molar-refractivity contribution in [3.63, 3.8) is 0 Å². The number of alkyl carbamates (subject to hydrolysis) is 1. The van der Waals surface area contributed by atoms with Crippen molar-refractivity contribution in [1.29, 1.82) is 0 Å². The summed E-state index contributed by atoms with van der Waals surface area (Å²) in [5.74, 6) is -0.744. The number of nitrogens with one attached hydrogen (secondary N) is 2. The zero-order valence-electron chi connectivity index (χ0n) is 19.6. The highest BCUT2D eigenvalue weighted by Gasteiger charge is 2.30. The Labute approximate surface area is 204 Å². The highest BCUT2D eigenvalue weighted by molar-refractivity contribution is 7.98. The standard InChI is InChI=1S/C26H32N2O5S/c1-3-17(14-24(29)30)15-27-25(31)23(12-13-34-2)28-26(32)33-16-22-20-10-6-4-8-18(20)19-9-5-7-11-21(19)22/h4-11,17,22-23H,3,12-16H2,1-2H3,(H,27,31)(H,28,32)(H,29,30). The van der Waals surface area contributed by atoms with Crippen LogP contribution in [0.1, 0.15) is 43.2 Å². The molecule has 3 N–H and O–H groups in total. The van der Waals surface area contributed by atoms with Gasteiger partial charge in [0.15, 0.2) is 0 Å². The van der Waals surface area contributed by atoms with E-state index in [0.717, 1.165) is 22.3 Å². The first-order chi connectivity index (χ1) is 16.4. The number of carbonyl (C=O) groups excluding carboxylic acids is 2. The van der Waals surface area contributed by atoms with E-state index in [-0.39, 0.29) is 37.3 Å². The molecule has 2 atom stereocenters. The SMILES string of the molecule is CCC(CNC(=O)C(CCSC)NC(=O)OCC1c2ccccc2-c2ccccc21)CC(=O)O. The Balaban J connectivity index is 1.60. The summed E-state index contributed by atoms with van der Waals surface area (Å²) in [5, 5.41) is 14.5. The largest absolute Gasteiger partial charge is 0.481 e. The van der Waals surface area contributed by atoms with E-state index in [1.165, 1.54) is 0 Å². The zero-order chi connectivity index (χ0) is 24.5. The number of carboxylic acids is 1. The second kappa shape index (κ2) is 12.5. The van der Waals surface area contributed by atoms with Gasteiger partial charge in [-0.15, -0.1) is 0 Å². The Kier molecular flexibility index (Phi) is 9.39. The third kappa shape index (κ3) is 6.53. The number of fused-ring (bicyclic) bond motifs is 3. The van der Waals surface area contributed by atoms with Gasteiger partial charge in [-0.3, -0.25) is 9.59 Å². The van der Waals surface area contributed by atoms with Gasteiger partial charge in [-0.1, -0.05) is 61.9 Å². The number of carbonyl (C=O) groups is 3. The first-order valence-electron chi connectivity index (χ1n) is 11.5. The molecule has 182 valence electrons. The Morgan fingerprint density at radius 1 is 1.06 bits per heavy atom. The fraction of sp³-hybridized carbons (Fsp3) is 0.423. The van der Waals surface area contributed by atoms with E-state index in [1.807, 2.05) is 37.4 Å². The Hall–Kier alpha value is -3.00. The molecular weight excluding hydrogens is 452 g/mol. The molecule has 0 spiro atoms. The van der Waals surface area contributed by atoms with Crippen LogP contribution >= 0.6 is 11.8 Å². The lowest BCUT2D eigenvalue weighted by Crippen LogP contribution is -2.48. The van der Waals surface area contributed by atoms with Crippen LogP contribution in [0.5, 0.6) is 0 Å². The molecule has 0 saturated heterocycles. The van der Waals surface area contributed by atoms with Crippen LogP contribution in [0, 0.1) is 5.92 Å². The number of thioether (sulfide) groups is 1. The maximum absolute atomic E-state index is 12.7. The molecular formula is C26H32N2O5S. The summed E-state index contributed by atoms with van der Waals surface area (Å²) < 4.78 is 5.59. The van der Waals surface area contributed by atoms with Gasteiger partial charge in [-0.2, -0.15) is 11.8 Å². The van der Waals surface area contributed by atoms with Crippen LogP contribution in [0.25, 0.3) is 11.1 Å². The van der Waals surface area contributed by atoms with Gasteiger partial charge in [0.05, 0.1) is 0 Å². The molecule has 0 bridgehead atoms.